The number of benzene rings is 1. The molecule has 8 heteroatoms. The zero-order chi connectivity index (χ0) is 25.8. The lowest BCUT2D eigenvalue weighted by atomic mass is 9.82. The number of hydrogen-bond acceptors (Lipinski definition) is 4. The normalized spacial score (nSPS) is 18.7. The summed E-state index contributed by atoms with van der Waals surface area (Å²) in [6.45, 7) is 0.363. The lowest BCUT2D eigenvalue weighted by molar-refractivity contribution is -0.142. The Morgan fingerprint density at radius 1 is 1.19 bits per heavy atom. The van der Waals surface area contributed by atoms with Crippen molar-refractivity contribution in [1.82, 2.24) is 9.78 Å². The van der Waals surface area contributed by atoms with Gasteiger partial charge in [0.25, 0.3) is 0 Å². The van der Waals surface area contributed by atoms with Crippen LogP contribution in [0.25, 0.3) is 16.8 Å². The van der Waals surface area contributed by atoms with Crippen LogP contribution in [-0.2, 0) is 22.5 Å². The Morgan fingerprint density at radius 3 is 2.56 bits per heavy atom. The molecule has 0 amide bonds. The average molecular weight is 519 g/mol. The van der Waals surface area contributed by atoms with Crippen molar-refractivity contribution in [3.63, 3.8) is 0 Å². The van der Waals surface area contributed by atoms with Crippen LogP contribution in [-0.4, -0.2) is 58.3 Å². The number of aliphatic carboxylic acids is 1. The quantitative estimate of drug-likeness (QED) is 0.254. The van der Waals surface area contributed by atoms with Gasteiger partial charge in [-0.15, -0.1) is 11.6 Å². The third-order valence-electron chi connectivity index (χ3n) is 6.64. The van der Waals surface area contributed by atoms with Crippen molar-refractivity contribution in [2.24, 2.45) is 11.8 Å². The highest BCUT2D eigenvalue weighted by Gasteiger charge is 2.26. The average Bonchev–Trinajstić information content (AvgIpc) is 3.24. The fourth-order valence-corrected chi connectivity index (χ4v) is 4.96. The molecule has 0 atom stereocenters. The molecule has 1 aliphatic carbocycles. The number of alkyl halides is 2. The third-order valence-corrected chi connectivity index (χ3v) is 6.82. The van der Waals surface area contributed by atoms with Crippen molar-refractivity contribution in [2.45, 2.75) is 45.1 Å². The molecular weight excluding hydrogens is 483 g/mol. The maximum Gasteiger partial charge on any atom is 0.329 e. The van der Waals surface area contributed by atoms with Gasteiger partial charge in [0.1, 0.15) is 19.0 Å². The first-order valence-corrected chi connectivity index (χ1v) is 13.1. The molecule has 1 saturated carbocycles. The SMILES string of the molecule is O=C(O)COCC1CCC(Cn2nc(-c3ccccc3)c(C(=CC=CCCl)CF)c2CCCO)CC1. The van der Waals surface area contributed by atoms with Gasteiger partial charge in [-0.2, -0.15) is 5.10 Å². The summed E-state index contributed by atoms with van der Waals surface area (Å²) < 4.78 is 21.7. The van der Waals surface area contributed by atoms with Gasteiger partial charge < -0.3 is 14.9 Å². The van der Waals surface area contributed by atoms with Crippen LogP contribution in [0.5, 0.6) is 0 Å². The Hall–Kier alpha value is -2.48. The van der Waals surface area contributed by atoms with Crippen LogP contribution in [0.3, 0.4) is 0 Å². The summed E-state index contributed by atoms with van der Waals surface area (Å²) in [6, 6.07) is 9.81. The van der Waals surface area contributed by atoms with Gasteiger partial charge in [-0.3, -0.25) is 4.68 Å². The van der Waals surface area contributed by atoms with Crippen LogP contribution in [0.1, 0.15) is 43.4 Å². The first-order valence-electron chi connectivity index (χ1n) is 12.6. The molecule has 2 aromatic rings. The van der Waals surface area contributed by atoms with E-state index in [0.29, 0.717) is 42.7 Å². The Labute approximate surface area is 217 Å². The fraction of sp³-hybridized carbons (Fsp3) is 0.500. The first kappa shape index (κ1) is 28.1. The van der Waals surface area contributed by atoms with Crippen molar-refractivity contribution >= 4 is 23.1 Å². The van der Waals surface area contributed by atoms with E-state index in [9.17, 15) is 14.3 Å². The molecule has 2 N–H and O–H groups in total. The van der Waals surface area contributed by atoms with Crippen LogP contribution in [0.4, 0.5) is 4.39 Å². The molecule has 36 heavy (non-hydrogen) atoms. The third kappa shape index (κ3) is 8.02. The molecule has 1 aliphatic rings. The highest BCUT2D eigenvalue weighted by Crippen LogP contribution is 2.35. The largest absolute Gasteiger partial charge is 0.480 e. The molecule has 0 bridgehead atoms. The number of carboxylic acid groups (broad SMARTS) is 1. The molecule has 6 nitrogen and oxygen atoms in total. The van der Waals surface area contributed by atoms with Crippen molar-refractivity contribution < 1.29 is 24.1 Å². The molecule has 0 spiro atoms. The van der Waals surface area contributed by atoms with Gasteiger partial charge in [-0.25, -0.2) is 9.18 Å². The lowest BCUT2D eigenvalue weighted by Crippen LogP contribution is -2.24. The van der Waals surface area contributed by atoms with E-state index in [-0.39, 0.29) is 13.2 Å². The van der Waals surface area contributed by atoms with Crippen molar-refractivity contribution in [2.75, 3.05) is 32.4 Å². The van der Waals surface area contributed by atoms with Crippen molar-refractivity contribution in [3.05, 3.63) is 59.8 Å². The maximum atomic E-state index is 14.4. The molecule has 1 aromatic heterocycles. The number of carbonyl (C=O) groups is 1. The van der Waals surface area contributed by atoms with Gasteiger partial charge in [0, 0.05) is 35.9 Å². The molecule has 196 valence electrons. The minimum atomic E-state index is -0.942. The Balaban J connectivity index is 1.88. The zero-order valence-electron chi connectivity index (χ0n) is 20.6. The molecule has 0 saturated heterocycles. The fourth-order valence-electron chi connectivity index (χ4n) is 4.85. The number of aromatic nitrogens is 2. The highest BCUT2D eigenvalue weighted by atomic mass is 35.5. The van der Waals surface area contributed by atoms with E-state index >= 15 is 0 Å². The van der Waals surface area contributed by atoms with E-state index < -0.39 is 12.6 Å². The second-order valence-corrected chi connectivity index (χ2v) is 9.56. The van der Waals surface area contributed by atoms with Crippen LogP contribution in [0.15, 0.2) is 48.6 Å². The second kappa shape index (κ2) is 14.9. The molecule has 0 radical (unpaired) electrons. The number of carboxylic acids is 1. The number of rotatable bonds is 14. The minimum absolute atomic E-state index is 0.0492. The first-order chi connectivity index (χ1) is 17.6. The number of halogens is 2. The van der Waals surface area contributed by atoms with E-state index in [1.807, 2.05) is 35.0 Å². The predicted octanol–water partition coefficient (Wildman–Crippen LogP) is 5.53. The number of aliphatic hydroxyl groups excluding tert-OH is 1. The van der Waals surface area contributed by atoms with Gasteiger partial charge >= 0.3 is 5.97 Å². The monoisotopic (exact) mass is 518 g/mol. The smallest absolute Gasteiger partial charge is 0.329 e. The summed E-state index contributed by atoms with van der Waals surface area (Å²) >= 11 is 5.78. The van der Waals surface area contributed by atoms with Crippen LogP contribution in [0, 0.1) is 11.8 Å². The number of hydrogen-bond donors (Lipinski definition) is 2. The lowest BCUT2D eigenvalue weighted by Gasteiger charge is -2.28. The van der Waals surface area contributed by atoms with E-state index in [4.69, 9.17) is 26.5 Å². The van der Waals surface area contributed by atoms with Gasteiger partial charge in [0.05, 0.1) is 6.61 Å². The summed E-state index contributed by atoms with van der Waals surface area (Å²) in [5.41, 5.74) is 3.97. The number of nitrogens with zero attached hydrogens (tertiary/aromatic N) is 2. The molecule has 0 aliphatic heterocycles. The Morgan fingerprint density at radius 2 is 1.92 bits per heavy atom. The Kier molecular flexibility index (Phi) is 11.7. The molecule has 1 aromatic carbocycles. The van der Waals surface area contributed by atoms with Crippen molar-refractivity contribution in [3.8, 4) is 11.3 Å². The molecular formula is C28H36ClFN2O4. The van der Waals surface area contributed by atoms with E-state index in [1.165, 1.54) is 0 Å². The molecule has 1 heterocycles. The number of ether oxygens (including phenoxy) is 1. The van der Waals surface area contributed by atoms with Crippen LogP contribution >= 0.6 is 11.6 Å². The van der Waals surface area contributed by atoms with Gasteiger partial charge in [0.2, 0.25) is 0 Å². The van der Waals surface area contributed by atoms with Gasteiger partial charge in [-0.05, 0) is 55.9 Å². The highest BCUT2D eigenvalue weighted by molar-refractivity contribution is 6.18. The summed E-state index contributed by atoms with van der Waals surface area (Å²) in [5, 5.41) is 23.3. The van der Waals surface area contributed by atoms with Crippen molar-refractivity contribution in [1.29, 1.82) is 0 Å². The summed E-state index contributed by atoms with van der Waals surface area (Å²) in [6.07, 6.45) is 10.4. The van der Waals surface area contributed by atoms with Crippen LogP contribution < -0.4 is 0 Å². The minimum Gasteiger partial charge on any atom is -0.480 e. The molecule has 0 unspecified atom stereocenters. The summed E-state index contributed by atoms with van der Waals surface area (Å²) in [5.74, 6) is 0.196. The van der Waals surface area contributed by atoms with E-state index in [0.717, 1.165) is 54.7 Å². The maximum absolute atomic E-state index is 14.4. The summed E-state index contributed by atoms with van der Waals surface area (Å²) in [7, 11) is 0. The Bertz CT molecular complexity index is 1010. The number of aliphatic hydroxyl groups is 1. The molecule has 3 rings (SSSR count). The van der Waals surface area contributed by atoms with Gasteiger partial charge in [0.15, 0.2) is 0 Å². The van der Waals surface area contributed by atoms with Gasteiger partial charge in [-0.1, -0.05) is 48.6 Å². The van der Waals surface area contributed by atoms with E-state index in [1.54, 1.807) is 18.2 Å². The molecule has 1 fully saturated rings. The standard InChI is InChI=1S/C28H36ClFN2O4/c29-15-5-4-9-24(17-30)27-25(10-6-16-33)32(31-28(27)23-7-2-1-3-8-23)18-21-11-13-22(14-12-21)19-36-20-26(34)35/h1-5,7-9,21-22,33H,6,10-20H2,(H,34,35). The predicted molar refractivity (Wildman–Crippen MR) is 141 cm³/mol. The second-order valence-electron chi connectivity index (χ2n) is 9.25. The summed E-state index contributed by atoms with van der Waals surface area (Å²) in [4.78, 5) is 10.7. The number of allylic oxidation sites excluding steroid dienone is 4. The topological polar surface area (TPSA) is 84.6 Å². The zero-order valence-corrected chi connectivity index (χ0v) is 21.4. The van der Waals surface area contributed by atoms with Crippen LogP contribution in [0.2, 0.25) is 0 Å². The van der Waals surface area contributed by atoms with E-state index in [2.05, 4.69) is 0 Å².